The molecule has 19 heavy (non-hydrogen) atoms. The highest BCUT2D eigenvalue weighted by Crippen LogP contribution is 1.98. The standard InChI is InChI=1S/C12H23N3O4/c1-4-5-9(13)6-10(16)14-7(2)11(17)15-8(3)12(18)19/h7-9H,4-6,13H2,1-3H3,(H,14,16)(H,15,17)(H,18,19)/t7-,8-,9?/m1/s1. The molecule has 0 aromatic carbocycles. The number of carbonyl (C=O) groups excluding carboxylic acids is 2. The molecule has 0 aliphatic heterocycles. The molecule has 110 valence electrons. The van der Waals surface area contributed by atoms with Gasteiger partial charge >= 0.3 is 5.97 Å². The number of hydrogen-bond donors (Lipinski definition) is 4. The summed E-state index contributed by atoms with van der Waals surface area (Å²) in [4.78, 5) is 33.7. The van der Waals surface area contributed by atoms with E-state index in [-0.39, 0.29) is 18.4 Å². The highest BCUT2D eigenvalue weighted by atomic mass is 16.4. The number of carboxylic acids is 1. The second-order valence-electron chi connectivity index (χ2n) is 4.61. The van der Waals surface area contributed by atoms with E-state index in [2.05, 4.69) is 10.6 Å². The lowest BCUT2D eigenvalue weighted by atomic mass is 10.1. The first-order valence-electron chi connectivity index (χ1n) is 6.36. The zero-order valence-electron chi connectivity index (χ0n) is 11.6. The minimum absolute atomic E-state index is 0.153. The number of amides is 2. The summed E-state index contributed by atoms with van der Waals surface area (Å²) in [5.74, 6) is -1.98. The van der Waals surface area contributed by atoms with Gasteiger partial charge in [-0.25, -0.2) is 0 Å². The Balaban J connectivity index is 4.14. The fourth-order valence-corrected chi connectivity index (χ4v) is 1.48. The summed E-state index contributed by atoms with van der Waals surface area (Å²) in [7, 11) is 0. The number of carbonyl (C=O) groups is 3. The van der Waals surface area contributed by atoms with Crippen LogP contribution in [0.1, 0.15) is 40.0 Å². The molecule has 0 spiro atoms. The molecule has 7 nitrogen and oxygen atoms in total. The molecule has 0 aromatic heterocycles. The summed E-state index contributed by atoms with van der Waals surface area (Å²) in [6, 6.07) is -2.00. The van der Waals surface area contributed by atoms with Crippen LogP contribution in [0.4, 0.5) is 0 Å². The second kappa shape index (κ2) is 8.47. The number of nitrogens with one attached hydrogen (secondary N) is 2. The van der Waals surface area contributed by atoms with Crippen molar-refractivity contribution in [1.29, 1.82) is 0 Å². The topological polar surface area (TPSA) is 122 Å². The SMILES string of the molecule is CCCC(N)CC(=O)N[C@H](C)C(=O)N[C@H](C)C(=O)O. The maximum absolute atomic E-state index is 11.6. The van der Waals surface area contributed by atoms with E-state index in [0.717, 1.165) is 12.8 Å². The molecule has 0 saturated heterocycles. The van der Waals surface area contributed by atoms with Crippen LogP contribution in [-0.2, 0) is 14.4 Å². The summed E-state index contributed by atoms with van der Waals surface area (Å²) in [6.45, 7) is 4.82. The lowest BCUT2D eigenvalue weighted by Gasteiger charge is -2.17. The van der Waals surface area contributed by atoms with E-state index in [4.69, 9.17) is 10.8 Å². The van der Waals surface area contributed by atoms with Gasteiger partial charge in [0.25, 0.3) is 0 Å². The smallest absolute Gasteiger partial charge is 0.325 e. The summed E-state index contributed by atoms with van der Waals surface area (Å²) in [5.41, 5.74) is 5.72. The average Bonchev–Trinajstić information content (AvgIpc) is 2.28. The normalized spacial score (nSPS) is 15.2. The van der Waals surface area contributed by atoms with Crippen molar-refractivity contribution in [1.82, 2.24) is 10.6 Å². The first kappa shape index (κ1) is 17.4. The Morgan fingerprint density at radius 3 is 2.21 bits per heavy atom. The molecule has 3 atom stereocenters. The Morgan fingerprint density at radius 2 is 1.74 bits per heavy atom. The van der Waals surface area contributed by atoms with E-state index >= 15 is 0 Å². The highest BCUT2D eigenvalue weighted by Gasteiger charge is 2.20. The van der Waals surface area contributed by atoms with Gasteiger partial charge in [0.05, 0.1) is 0 Å². The molecule has 7 heteroatoms. The Hall–Kier alpha value is -1.63. The van der Waals surface area contributed by atoms with E-state index in [9.17, 15) is 14.4 Å². The van der Waals surface area contributed by atoms with E-state index in [1.165, 1.54) is 13.8 Å². The van der Waals surface area contributed by atoms with Crippen molar-refractivity contribution in [3.05, 3.63) is 0 Å². The average molecular weight is 273 g/mol. The number of nitrogens with two attached hydrogens (primary N) is 1. The Labute approximate surface area is 112 Å². The number of hydrogen-bond acceptors (Lipinski definition) is 4. The quantitative estimate of drug-likeness (QED) is 0.479. The van der Waals surface area contributed by atoms with Gasteiger partial charge in [0.15, 0.2) is 0 Å². The summed E-state index contributed by atoms with van der Waals surface area (Å²) >= 11 is 0. The molecule has 0 aliphatic rings. The molecule has 0 fully saturated rings. The largest absolute Gasteiger partial charge is 0.480 e. The van der Waals surface area contributed by atoms with Crippen molar-refractivity contribution < 1.29 is 19.5 Å². The molecule has 0 radical (unpaired) electrons. The van der Waals surface area contributed by atoms with Crippen molar-refractivity contribution >= 4 is 17.8 Å². The van der Waals surface area contributed by atoms with Gasteiger partial charge in [-0.05, 0) is 20.3 Å². The fourth-order valence-electron chi connectivity index (χ4n) is 1.48. The van der Waals surface area contributed by atoms with Gasteiger partial charge in [-0.3, -0.25) is 14.4 Å². The van der Waals surface area contributed by atoms with Crippen LogP contribution in [0.25, 0.3) is 0 Å². The second-order valence-corrected chi connectivity index (χ2v) is 4.61. The van der Waals surface area contributed by atoms with Crippen LogP contribution in [0.2, 0.25) is 0 Å². The van der Waals surface area contributed by atoms with E-state index in [0.29, 0.717) is 0 Å². The van der Waals surface area contributed by atoms with Crippen molar-refractivity contribution in [3.8, 4) is 0 Å². The fraction of sp³-hybridized carbons (Fsp3) is 0.750. The number of aliphatic carboxylic acids is 1. The predicted octanol–water partition coefficient (Wildman–Crippen LogP) is -0.402. The van der Waals surface area contributed by atoms with Crippen LogP contribution >= 0.6 is 0 Å². The molecule has 0 aliphatic carbocycles. The van der Waals surface area contributed by atoms with E-state index in [1.807, 2.05) is 6.92 Å². The summed E-state index contributed by atoms with van der Waals surface area (Å²) in [6.07, 6.45) is 1.78. The first-order valence-corrected chi connectivity index (χ1v) is 6.36. The Kier molecular flexibility index (Phi) is 7.74. The lowest BCUT2D eigenvalue weighted by molar-refractivity contribution is -0.141. The molecular weight excluding hydrogens is 250 g/mol. The molecule has 0 rings (SSSR count). The molecule has 0 saturated carbocycles. The third-order valence-corrected chi connectivity index (χ3v) is 2.61. The van der Waals surface area contributed by atoms with Gasteiger partial charge in [-0.15, -0.1) is 0 Å². The van der Waals surface area contributed by atoms with Gasteiger partial charge in [0.1, 0.15) is 12.1 Å². The van der Waals surface area contributed by atoms with E-state index in [1.54, 1.807) is 0 Å². The molecule has 0 bridgehead atoms. The number of rotatable bonds is 8. The van der Waals surface area contributed by atoms with Crippen molar-refractivity contribution in [3.63, 3.8) is 0 Å². The maximum atomic E-state index is 11.6. The van der Waals surface area contributed by atoms with Crippen LogP contribution < -0.4 is 16.4 Å². The van der Waals surface area contributed by atoms with E-state index < -0.39 is 24.0 Å². The van der Waals surface area contributed by atoms with Gasteiger partial charge in [-0.1, -0.05) is 13.3 Å². The Bertz CT molecular complexity index is 333. The van der Waals surface area contributed by atoms with Gasteiger partial charge < -0.3 is 21.5 Å². The third-order valence-electron chi connectivity index (χ3n) is 2.61. The van der Waals surface area contributed by atoms with Crippen LogP contribution in [-0.4, -0.2) is 41.0 Å². The molecule has 5 N–H and O–H groups in total. The minimum Gasteiger partial charge on any atom is -0.480 e. The van der Waals surface area contributed by atoms with Crippen LogP contribution in [0.3, 0.4) is 0 Å². The predicted molar refractivity (Wildman–Crippen MR) is 70.3 cm³/mol. The van der Waals surface area contributed by atoms with Crippen LogP contribution in [0, 0.1) is 0 Å². The molecule has 0 aromatic rings. The van der Waals surface area contributed by atoms with Gasteiger partial charge in [0.2, 0.25) is 11.8 Å². The monoisotopic (exact) mass is 273 g/mol. The first-order chi connectivity index (χ1) is 8.77. The number of carboxylic acid groups (broad SMARTS) is 1. The molecule has 1 unspecified atom stereocenters. The van der Waals surface area contributed by atoms with Crippen LogP contribution in [0.5, 0.6) is 0 Å². The zero-order chi connectivity index (χ0) is 15.0. The van der Waals surface area contributed by atoms with Crippen molar-refractivity contribution in [2.45, 2.75) is 58.2 Å². The van der Waals surface area contributed by atoms with Crippen molar-refractivity contribution in [2.75, 3.05) is 0 Å². The minimum atomic E-state index is -1.13. The Morgan fingerprint density at radius 1 is 1.16 bits per heavy atom. The zero-order valence-corrected chi connectivity index (χ0v) is 11.6. The molecule has 2 amide bonds. The summed E-state index contributed by atoms with van der Waals surface area (Å²) < 4.78 is 0. The van der Waals surface area contributed by atoms with Gasteiger partial charge in [-0.2, -0.15) is 0 Å². The van der Waals surface area contributed by atoms with Crippen molar-refractivity contribution in [2.24, 2.45) is 5.73 Å². The third kappa shape index (κ3) is 7.40. The lowest BCUT2D eigenvalue weighted by Crippen LogP contribution is -2.50. The molecular formula is C12H23N3O4. The maximum Gasteiger partial charge on any atom is 0.325 e. The van der Waals surface area contributed by atoms with Gasteiger partial charge in [0, 0.05) is 12.5 Å². The molecule has 0 heterocycles. The van der Waals surface area contributed by atoms with Crippen LogP contribution in [0.15, 0.2) is 0 Å². The summed E-state index contributed by atoms with van der Waals surface area (Å²) in [5, 5.41) is 13.4. The highest BCUT2D eigenvalue weighted by molar-refractivity contribution is 5.90.